The van der Waals surface area contributed by atoms with Gasteiger partial charge in [0, 0.05) is 5.56 Å². The van der Waals surface area contributed by atoms with Gasteiger partial charge in [-0.1, -0.05) is 6.07 Å². The molecule has 0 amide bonds. The van der Waals surface area contributed by atoms with E-state index in [0.717, 1.165) is 0 Å². The smallest absolute Gasteiger partial charge is 0.261 e. The summed E-state index contributed by atoms with van der Waals surface area (Å²) in [4.78, 5) is 0.126. The zero-order valence-corrected chi connectivity index (χ0v) is 11.9. The Balaban J connectivity index is 2.33. The van der Waals surface area contributed by atoms with Crippen molar-refractivity contribution >= 4 is 15.7 Å². The second kappa shape index (κ2) is 5.42. The molecule has 0 saturated heterocycles. The molecule has 0 aliphatic carbocycles. The van der Waals surface area contributed by atoms with Crippen LogP contribution in [0.1, 0.15) is 5.56 Å². The fourth-order valence-corrected chi connectivity index (χ4v) is 2.82. The van der Waals surface area contributed by atoms with Gasteiger partial charge in [-0.3, -0.25) is 4.72 Å². The predicted molar refractivity (Wildman–Crippen MR) is 76.6 cm³/mol. The lowest BCUT2D eigenvalue weighted by Crippen LogP contribution is -2.13. The van der Waals surface area contributed by atoms with Gasteiger partial charge in [-0.05, 0) is 43.3 Å². The Morgan fingerprint density at radius 2 is 1.75 bits per heavy atom. The Bertz CT molecular complexity index is 708. The molecular formula is C14H15NO4S. The third-order valence-corrected chi connectivity index (χ3v) is 4.30. The van der Waals surface area contributed by atoms with Gasteiger partial charge in [-0.25, -0.2) is 8.42 Å². The number of aromatic hydroxyl groups is 1. The molecule has 6 heteroatoms. The van der Waals surface area contributed by atoms with E-state index in [-0.39, 0.29) is 10.6 Å². The minimum Gasteiger partial charge on any atom is -0.508 e. The summed E-state index contributed by atoms with van der Waals surface area (Å²) in [5.41, 5.74) is 0.824. The SMILES string of the molecule is COc1ccc(S(=O)(=O)Nc2cccc(O)c2C)cc1. The van der Waals surface area contributed by atoms with E-state index >= 15 is 0 Å². The van der Waals surface area contributed by atoms with Crippen LogP contribution in [0.4, 0.5) is 5.69 Å². The molecule has 2 aromatic carbocycles. The molecule has 0 atom stereocenters. The summed E-state index contributed by atoms with van der Waals surface area (Å²) in [5, 5.41) is 9.58. The van der Waals surface area contributed by atoms with Crippen molar-refractivity contribution in [2.45, 2.75) is 11.8 Å². The number of hydrogen-bond donors (Lipinski definition) is 2. The van der Waals surface area contributed by atoms with Gasteiger partial charge < -0.3 is 9.84 Å². The zero-order valence-electron chi connectivity index (χ0n) is 11.1. The number of methoxy groups -OCH3 is 1. The Morgan fingerprint density at radius 1 is 1.10 bits per heavy atom. The lowest BCUT2D eigenvalue weighted by molar-refractivity contribution is 0.414. The average Bonchev–Trinajstić information content (AvgIpc) is 2.44. The van der Waals surface area contributed by atoms with Gasteiger partial charge in [-0.2, -0.15) is 0 Å². The molecule has 2 rings (SSSR count). The van der Waals surface area contributed by atoms with Crippen molar-refractivity contribution in [1.82, 2.24) is 0 Å². The van der Waals surface area contributed by atoms with Crippen LogP contribution in [-0.2, 0) is 10.0 Å². The Labute approximate surface area is 117 Å². The summed E-state index contributed by atoms with van der Waals surface area (Å²) < 4.78 is 31.9. The van der Waals surface area contributed by atoms with Crippen molar-refractivity contribution in [3.8, 4) is 11.5 Å². The van der Waals surface area contributed by atoms with Crippen LogP contribution in [0, 0.1) is 6.92 Å². The molecule has 0 aliphatic heterocycles. The highest BCUT2D eigenvalue weighted by molar-refractivity contribution is 7.92. The highest BCUT2D eigenvalue weighted by atomic mass is 32.2. The zero-order chi connectivity index (χ0) is 14.8. The van der Waals surface area contributed by atoms with Crippen molar-refractivity contribution in [3.05, 3.63) is 48.0 Å². The topological polar surface area (TPSA) is 75.6 Å². The van der Waals surface area contributed by atoms with Gasteiger partial charge in [-0.15, -0.1) is 0 Å². The van der Waals surface area contributed by atoms with E-state index in [1.165, 1.54) is 25.3 Å². The molecule has 0 heterocycles. The molecule has 0 saturated carbocycles. The number of rotatable bonds is 4. The first kappa shape index (κ1) is 14.2. The fraction of sp³-hybridized carbons (Fsp3) is 0.143. The van der Waals surface area contributed by atoms with E-state index in [0.29, 0.717) is 17.0 Å². The van der Waals surface area contributed by atoms with Crippen LogP contribution in [0.15, 0.2) is 47.4 Å². The molecule has 0 unspecified atom stereocenters. The molecule has 0 bridgehead atoms. The highest BCUT2D eigenvalue weighted by Gasteiger charge is 2.16. The summed E-state index contributed by atoms with van der Waals surface area (Å²) in [5.74, 6) is 0.623. The minimum absolute atomic E-state index is 0.0416. The standard InChI is InChI=1S/C14H15NO4S/c1-10-13(4-3-5-14(10)16)15-20(17,18)12-8-6-11(19-2)7-9-12/h3-9,15-16H,1-2H3. The second-order valence-electron chi connectivity index (χ2n) is 4.23. The van der Waals surface area contributed by atoms with Crippen LogP contribution in [0.25, 0.3) is 0 Å². The van der Waals surface area contributed by atoms with Crippen LogP contribution in [0.3, 0.4) is 0 Å². The molecule has 0 aliphatic rings. The number of hydrogen-bond acceptors (Lipinski definition) is 4. The van der Waals surface area contributed by atoms with Crippen LogP contribution in [0.2, 0.25) is 0 Å². The summed E-state index contributed by atoms with van der Waals surface area (Å²) >= 11 is 0. The Morgan fingerprint density at radius 3 is 2.35 bits per heavy atom. The quantitative estimate of drug-likeness (QED) is 0.908. The highest BCUT2D eigenvalue weighted by Crippen LogP contribution is 2.26. The fourth-order valence-electron chi connectivity index (χ4n) is 1.69. The van der Waals surface area contributed by atoms with Crippen LogP contribution < -0.4 is 9.46 Å². The van der Waals surface area contributed by atoms with Crippen LogP contribution in [-0.4, -0.2) is 20.6 Å². The normalized spacial score (nSPS) is 11.1. The van der Waals surface area contributed by atoms with Crippen molar-refractivity contribution in [3.63, 3.8) is 0 Å². The molecule has 0 radical (unpaired) electrons. The first-order valence-electron chi connectivity index (χ1n) is 5.89. The maximum atomic E-state index is 12.2. The van der Waals surface area contributed by atoms with Gasteiger partial charge in [0.1, 0.15) is 11.5 Å². The largest absolute Gasteiger partial charge is 0.508 e. The van der Waals surface area contributed by atoms with Crippen molar-refractivity contribution in [2.75, 3.05) is 11.8 Å². The van der Waals surface area contributed by atoms with E-state index < -0.39 is 10.0 Å². The van der Waals surface area contributed by atoms with Crippen molar-refractivity contribution in [1.29, 1.82) is 0 Å². The average molecular weight is 293 g/mol. The van der Waals surface area contributed by atoms with Gasteiger partial charge in [0.15, 0.2) is 0 Å². The van der Waals surface area contributed by atoms with Gasteiger partial charge in [0.05, 0.1) is 17.7 Å². The first-order chi connectivity index (χ1) is 9.44. The number of benzene rings is 2. The molecular weight excluding hydrogens is 278 g/mol. The lowest BCUT2D eigenvalue weighted by Gasteiger charge is -2.11. The van der Waals surface area contributed by atoms with E-state index in [1.807, 2.05) is 0 Å². The summed E-state index contributed by atoms with van der Waals surface area (Å²) in [6.45, 7) is 1.64. The number of anilines is 1. The summed E-state index contributed by atoms with van der Waals surface area (Å²) in [6, 6.07) is 10.7. The summed E-state index contributed by atoms with van der Waals surface area (Å²) in [7, 11) is -2.18. The Hall–Kier alpha value is -2.21. The van der Waals surface area contributed by atoms with Crippen LogP contribution >= 0.6 is 0 Å². The van der Waals surface area contributed by atoms with Crippen molar-refractivity contribution < 1.29 is 18.3 Å². The Kier molecular flexibility index (Phi) is 3.85. The lowest BCUT2D eigenvalue weighted by atomic mass is 10.2. The number of nitrogens with one attached hydrogen (secondary N) is 1. The maximum Gasteiger partial charge on any atom is 0.261 e. The third-order valence-electron chi connectivity index (χ3n) is 2.92. The number of ether oxygens (including phenoxy) is 1. The number of phenols is 1. The monoisotopic (exact) mass is 293 g/mol. The molecule has 20 heavy (non-hydrogen) atoms. The second-order valence-corrected chi connectivity index (χ2v) is 5.91. The molecule has 2 aromatic rings. The predicted octanol–water partition coefficient (Wildman–Crippen LogP) is 2.51. The number of phenolic OH excluding ortho intramolecular Hbond substituents is 1. The molecule has 0 aromatic heterocycles. The summed E-state index contributed by atoms with van der Waals surface area (Å²) in [6.07, 6.45) is 0. The van der Waals surface area contributed by atoms with E-state index in [9.17, 15) is 13.5 Å². The van der Waals surface area contributed by atoms with Gasteiger partial charge in [0.2, 0.25) is 0 Å². The van der Waals surface area contributed by atoms with Gasteiger partial charge >= 0.3 is 0 Å². The molecule has 5 nitrogen and oxygen atoms in total. The molecule has 2 N–H and O–H groups in total. The maximum absolute atomic E-state index is 12.2. The minimum atomic E-state index is -3.69. The van der Waals surface area contributed by atoms with E-state index in [2.05, 4.69) is 4.72 Å². The molecule has 0 spiro atoms. The number of sulfonamides is 1. The molecule has 0 fully saturated rings. The molecule has 106 valence electrons. The van der Waals surface area contributed by atoms with Crippen LogP contribution in [0.5, 0.6) is 11.5 Å². The first-order valence-corrected chi connectivity index (χ1v) is 7.38. The van der Waals surface area contributed by atoms with E-state index in [1.54, 1.807) is 31.2 Å². The van der Waals surface area contributed by atoms with Gasteiger partial charge in [0.25, 0.3) is 10.0 Å². The van der Waals surface area contributed by atoms with E-state index in [4.69, 9.17) is 4.74 Å². The third kappa shape index (κ3) is 2.85. The van der Waals surface area contributed by atoms with Crippen molar-refractivity contribution in [2.24, 2.45) is 0 Å².